The van der Waals surface area contributed by atoms with Gasteiger partial charge in [-0.2, -0.15) is 0 Å². The summed E-state index contributed by atoms with van der Waals surface area (Å²) in [6, 6.07) is 1.79. The number of hydrogen-bond acceptors (Lipinski definition) is 4. The SMILES string of the molecule is Cc1cc(C2CCOCC2)oc(=O)c1C(=O)NC(C)C1=CCCCC1. The summed E-state index contributed by atoms with van der Waals surface area (Å²) in [5, 5.41) is 2.96. The highest BCUT2D eigenvalue weighted by Gasteiger charge is 2.24. The predicted molar refractivity (Wildman–Crippen MR) is 96.0 cm³/mol. The number of amides is 1. The predicted octanol–water partition coefficient (Wildman–Crippen LogP) is 3.46. The molecule has 0 bridgehead atoms. The zero-order valence-electron chi connectivity index (χ0n) is 15.1. The summed E-state index contributed by atoms with van der Waals surface area (Å²) < 4.78 is 10.8. The van der Waals surface area contributed by atoms with Crippen LogP contribution < -0.4 is 10.9 Å². The molecular weight excluding hydrogens is 318 g/mol. The topological polar surface area (TPSA) is 68.5 Å². The minimum atomic E-state index is -0.538. The van der Waals surface area contributed by atoms with E-state index in [1.54, 1.807) is 6.92 Å². The molecule has 2 heterocycles. The van der Waals surface area contributed by atoms with E-state index in [1.165, 1.54) is 12.0 Å². The highest BCUT2D eigenvalue weighted by atomic mass is 16.5. The minimum absolute atomic E-state index is 0.0539. The number of carbonyl (C=O) groups excluding carboxylic acids is 1. The van der Waals surface area contributed by atoms with Crippen LogP contribution in [0.1, 0.15) is 73.0 Å². The van der Waals surface area contributed by atoms with Gasteiger partial charge in [0.25, 0.3) is 5.91 Å². The van der Waals surface area contributed by atoms with Gasteiger partial charge >= 0.3 is 5.63 Å². The van der Waals surface area contributed by atoms with E-state index >= 15 is 0 Å². The second kappa shape index (κ2) is 8.00. The second-order valence-electron chi connectivity index (χ2n) is 7.10. The van der Waals surface area contributed by atoms with Crippen LogP contribution in [-0.4, -0.2) is 25.2 Å². The van der Waals surface area contributed by atoms with Crippen LogP contribution >= 0.6 is 0 Å². The van der Waals surface area contributed by atoms with Crippen LogP contribution in [0.3, 0.4) is 0 Å². The Labute approximate surface area is 148 Å². The van der Waals surface area contributed by atoms with Crippen LogP contribution in [0.4, 0.5) is 0 Å². The Bertz CT molecular complexity index is 713. The van der Waals surface area contributed by atoms with Crippen molar-refractivity contribution in [2.24, 2.45) is 0 Å². The lowest BCUT2D eigenvalue weighted by atomic mass is 9.94. The quantitative estimate of drug-likeness (QED) is 0.849. The van der Waals surface area contributed by atoms with Gasteiger partial charge in [-0.15, -0.1) is 0 Å². The molecule has 1 aliphatic carbocycles. The van der Waals surface area contributed by atoms with E-state index in [4.69, 9.17) is 9.15 Å². The molecule has 3 rings (SSSR count). The summed E-state index contributed by atoms with van der Waals surface area (Å²) in [5.74, 6) is 0.526. The van der Waals surface area contributed by atoms with Crippen LogP contribution in [0, 0.1) is 6.92 Å². The van der Waals surface area contributed by atoms with Crippen molar-refractivity contribution >= 4 is 5.91 Å². The normalized spacial score (nSPS) is 20.0. The van der Waals surface area contributed by atoms with Crippen LogP contribution in [0.15, 0.2) is 26.9 Å². The Morgan fingerprint density at radius 2 is 2.04 bits per heavy atom. The summed E-state index contributed by atoms with van der Waals surface area (Å²) >= 11 is 0. The lowest BCUT2D eigenvalue weighted by Gasteiger charge is -2.22. The van der Waals surface area contributed by atoms with Gasteiger partial charge in [-0.25, -0.2) is 4.79 Å². The van der Waals surface area contributed by atoms with E-state index in [0.717, 1.165) is 32.1 Å². The number of aryl methyl sites for hydroxylation is 1. The molecule has 0 radical (unpaired) electrons. The van der Waals surface area contributed by atoms with Crippen molar-refractivity contribution in [2.45, 2.75) is 64.3 Å². The molecule has 1 amide bonds. The molecule has 0 spiro atoms. The van der Waals surface area contributed by atoms with E-state index in [-0.39, 0.29) is 23.4 Å². The third-order valence-electron chi connectivity index (χ3n) is 5.25. The lowest BCUT2D eigenvalue weighted by molar-refractivity contribution is 0.0795. The zero-order chi connectivity index (χ0) is 17.8. The van der Waals surface area contributed by atoms with Crippen LogP contribution in [-0.2, 0) is 4.74 Å². The van der Waals surface area contributed by atoms with Gasteiger partial charge in [0, 0.05) is 25.2 Å². The van der Waals surface area contributed by atoms with E-state index in [0.29, 0.717) is 24.5 Å². The van der Waals surface area contributed by atoms with Crippen molar-refractivity contribution in [3.8, 4) is 0 Å². The first-order valence-corrected chi connectivity index (χ1v) is 9.28. The van der Waals surface area contributed by atoms with E-state index in [1.807, 2.05) is 13.0 Å². The first-order chi connectivity index (χ1) is 12.1. The molecular formula is C20H27NO4. The highest BCUT2D eigenvalue weighted by molar-refractivity contribution is 5.95. The van der Waals surface area contributed by atoms with Crippen molar-refractivity contribution < 1.29 is 13.9 Å². The third kappa shape index (κ3) is 4.21. The fourth-order valence-corrected chi connectivity index (χ4v) is 3.71. The Hall–Kier alpha value is -1.88. The van der Waals surface area contributed by atoms with Gasteiger partial charge in [0.15, 0.2) is 0 Å². The summed E-state index contributed by atoms with van der Waals surface area (Å²) in [4.78, 5) is 25.0. The van der Waals surface area contributed by atoms with Gasteiger partial charge < -0.3 is 14.5 Å². The molecule has 0 aromatic carbocycles. The number of allylic oxidation sites excluding steroid dienone is 1. The van der Waals surface area contributed by atoms with Crippen molar-refractivity contribution in [3.63, 3.8) is 0 Å². The molecule has 136 valence electrons. The number of hydrogen-bond donors (Lipinski definition) is 1. The molecule has 1 fully saturated rings. The summed E-state index contributed by atoms with van der Waals surface area (Å²) in [6.07, 6.45) is 8.35. The van der Waals surface area contributed by atoms with Crippen molar-refractivity contribution in [1.82, 2.24) is 5.32 Å². The van der Waals surface area contributed by atoms with Gasteiger partial charge in [-0.05, 0) is 64.0 Å². The van der Waals surface area contributed by atoms with Crippen LogP contribution in [0.25, 0.3) is 0 Å². The lowest BCUT2D eigenvalue weighted by Crippen LogP contribution is -2.37. The molecule has 1 N–H and O–H groups in total. The molecule has 25 heavy (non-hydrogen) atoms. The molecule has 1 aliphatic heterocycles. The molecule has 1 atom stereocenters. The Balaban J connectivity index is 1.76. The summed E-state index contributed by atoms with van der Waals surface area (Å²) in [6.45, 7) is 5.15. The maximum Gasteiger partial charge on any atom is 0.349 e. The van der Waals surface area contributed by atoms with E-state index < -0.39 is 5.63 Å². The summed E-state index contributed by atoms with van der Waals surface area (Å²) in [7, 11) is 0. The van der Waals surface area contributed by atoms with E-state index in [2.05, 4.69) is 11.4 Å². The number of nitrogens with one attached hydrogen (secondary N) is 1. The first kappa shape index (κ1) is 17.9. The third-order valence-corrected chi connectivity index (χ3v) is 5.25. The first-order valence-electron chi connectivity index (χ1n) is 9.28. The maximum atomic E-state index is 12.6. The van der Waals surface area contributed by atoms with E-state index in [9.17, 15) is 9.59 Å². The van der Waals surface area contributed by atoms with Crippen molar-refractivity contribution in [2.75, 3.05) is 13.2 Å². The highest BCUT2D eigenvalue weighted by Crippen LogP contribution is 2.27. The average molecular weight is 345 g/mol. The number of ether oxygens (including phenoxy) is 1. The maximum absolute atomic E-state index is 12.6. The molecule has 0 saturated carbocycles. The van der Waals surface area contributed by atoms with Crippen LogP contribution in [0.2, 0.25) is 0 Å². The molecule has 1 aromatic heterocycles. The monoisotopic (exact) mass is 345 g/mol. The van der Waals surface area contributed by atoms with Gasteiger partial charge in [0.1, 0.15) is 11.3 Å². The molecule has 1 saturated heterocycles. The Kier molecular flexibility index (Phi) is 5.74. The molecule has 5 heteroatoms. The molecule has 1 aromatic rings. The van der Waals surface area contributed by atoms with Crippen molar-refractivity contribution in [1.29, 1.82) is 0 Å². The Morgan fingerprint density at radius 3 is 2.68 bits per heavy atom. The smallest absolute Gasteiger partial charge is 0.349 e. The standard InChI is InChI=1S/C20H27NO4/c1-13-12-17(16-8-10-24-11-9-16)25-20(23)18(13)19(22)21-14(2)15-6-4-3-5-7-15/h6,12,14,16H,3-5,7-11H2,1-2H3,(H,21,22). The Morgan fingerprint density at radius 1 is 1.28 bits per heavy atom. The zero-order valence-corrected chi connectivity index (χ0v) is 15.1. The largest absolute Gasteiger partial charge is 0.427 e. The van der Waals surface area contributed by atoms with Gasteiger partial charge in [-0.3, -0.25) is 4.79 Å². The molecule has 2 aliphatic rings. The second-order valence-corrected chi connectivity index (χ2v) is 7.10. The fraction of sp³-hybridized carbons (Fsp3) is 0.600. The number of rotatable bonds is 4. The van der Waals surface area contributed by atoms with Crippen LogP contribution in [0.5, 0.6) is 0 Å². The van der Waals surface area contributed by atoms with Gasteiger partial charge in [-0.1, -0.05) is 11.6 Å². The average Bonchev–Trinajstić information content (AvgIpc) is 2.62. The molecule has 5 nitrogen and oxygen atoms in total. The minimum Gasteiger partial charge on any atom is -0.427 e. The number of carbonyl (C=O) groups is 1. The van der Waals surface area contributed by atoms with Gasteiger partial charge in [0.2, 0.25) is 0 Å². The fourth-order valence-electron chi connectivity index (χ4n) is 3.71. The summed E-state index contributed by atoms with van der Waals surface area (Å²) in [5.41, 5.74) is 1.52. The van der Waals surface area contributed by atoms with Crippen molar-refractivity contribution in [3.05, 3.63) is 45.0 Å². The molecule has 1 unspecified atom stereocenters. The van der Waals surface area contributed by atoms with Gasteiger partial charge in [0.05, 0.1) is 0 Å².